The van der Waals surface area contributed by atoms with E-state index in [0.717, 1.165) is 6.07 Å². The Kier molecular flexibility index (Phi) is 2.26. The molecule has 1 rings (SSSR count). The van der Waals surface area contributed by atoms with E-state index < -0.39 is 15.2 Å². The van der Waals surface area contributed by atoms with Gasteiger partial charge in [-0.3, -0.25) is 0 Å². The van der Waals surface area contributed by atoms with Crippen molar-refractivity contribution in [3.8, 4) is 0 Å². The maximum atomic E-state index is 12.3. The molecule has 0 aliphatic heterocycles. The number of nitrogens with one attached hydrogen (secondary N) is 1. The summed E-state index contributed by atoms with van der Waals surface area (Å²) < 4.78 is 36.3. The summed E-state index contributed by atoms with van der Waals surface area (Å²) in [5.74, 6) is 0. The quantitative estimate of drug-likeness (QED) is 0.758. The summed E-state index contributed by atoms with van der Waals surface area (Å²) in [5.41, 5.74) is 0. The van der Waals surface area contributed by atoms with E-state index in [1.807, 2.05) is 0 Å². The molecule has 1 N–H and O–H groups in total. The predicted molar refractivity (Wildman–Crippen MR) is 40.5 cm³/mol. The van der Waals surface area contributed by atoms with Crippen LogP contribution in [0.25, 0.3) is 0 Å². The van der Waals surface area contributed by atoms with Crippen LogP contribution in [-0.4, -0.2) is 15.5 Å². The highest BCUT2D eigenvalue weighted by atomic mass is 32.2. The highest BCUT2D eigenvalue weighted by Crippen LogP contribution is 2.18. The van der Waals surface area contributed by atoms with Crippen LogP contribution in [-0.2, 0) is 10.0 Å². The van der Waals surface area contributed by atoms with Crippen LogP contribution in [0.15, 0.2) is 16.3 Å². The Balaban J connectivity index is 3.13. The Morgan fingerprint density at radius 3 is 2.55 bits per heavy atom. The lowest BCUT2D eigenvalue weighted by atomic mass is 10.7. The van der Waals surface area contributed by atoms with Gasteiger partial charge in [0, 0.05) is 0 Å². The average Bonchev–Trinajstić information content (AvgIpc) is 2.36. The van der Waals surface area contributed by atoms with Crippen molar-refractivity contribution in [3.63, 3.8) is 0 Å². The lowest BCUT2D eigenvalue weighted by Crippen LogP contribution is -2.17. The van der Waals surface area contributed by atoms with Gasteiger partial charge in [0.25, 0.3) is 0 Å². The molecule has 1 heterocycles. The highest BCUT2D eigenvalue weighted by molar-refractivity contribution is 7.91. The maximum Gasteiger partial charge on any atom is 0.249 e. The average molecular weight is 195 g/mol. The van der Waals surface area contributed by atoms with Gasteiger partial charge in [-0.15, -0.1) is 0 Å². The van der Waals surface area contributed by atoms with Gasteiger partial charge in [-0.2, -0.15) is 4.39 Å². The standard InChI is InChI=1S/C5H6FNO2S2/c1-7-11(8,9)5-3-2-4(6)10-5/h2-3,7H,1H3. The van der Waals surface area contributed by atoms with E-state index in [1.165, 1.54) is 13.1 Å². The van der Waals surface area contributed by atoms with E-state index in [-0.39, 0.29) is 4.21 Å². The van der Waals surface area contributed by atoms with Crippen LogP contribution >= 0.6 is 11.3 Å². The van der Waals surface area contributed by atoms with E-state index in [0.29, 0.717) is 11.3 Å². The van der Waals surface area contributed by atoms with Crippen molar-refractivity contribution >= 4 is 21.4 Å². The van der Waals surface area contributed by atoms with Crippen molar-refractivity contribution < 1.29 is 12.8 Å². The Morgan fingerprint density at radius 1 is 1.55 bits per heavy atom. The van der Waals surface area contributed by atoms with Gasteiger partial charge in [-0.25, -0.2) is 13.1 Å². The predicted octanol–water partition coefficient (Wildman–Crippen LogP) is 0.795. The molecule has 0 aliphatic carbocycles. The molecular formula is C5H6FNO2S2. The lowest BCUT2D eigenvalue weighted by Gasteiger charge is -1.94. The zero-order valence-corrected chi connectivity index (χ0v) is 7.30. The molecule has 0 radical (unpaired) electrons. The van der Waals surface area contributed by atoms with Crippen molar-refractivity contribution in [2.45, 2.75) is 4.21 Å². The molecule has 0 unspecified atom stereocenters. The maximum absolute atomic E-state index is 12.3. The molecular weight excluding hydrogens is 189 g/mol. The van der Waals surface area contributed by atoms with Gasteiger partial charge < -0.3 is 0 Å². The van der Waals surface area contributed by atoms with E-state index in [4.69, 9.17) is 0 Å². The normalized spacial score (nSPS) is 11.8. The minimum Gasteiger partial charge on any atom is -0.214 e. The molecule has 3 nitrogen and oxygen atoms in total. The number of hydrogen-bond acceptors (Lipinski definition) is 3. The molecule has 0 aliphatic rings. The van der Waals surface area contributed by atoms with Crippen molar-refractivity contribution in [2.75, 3.05) is 7.05 Å². The molecule has 0 spiro atoms. The van der Waals surface area contributed by atoms with Crippen LogP contribution in [0.3, 0.4) is 0 Å². The van der Waals surface area contributed by atoms with Crippen LogP contribution in [0.5, 0.6) is 0 Å². The Morgan fingerprint density at radius 2 is 2.18 bits per heavy atom. The fraction of sp³-hybridized carbons (Fsp3) is 0.200. The fourth-order valence-electron chi connectivity index (χ4n) is 0.543. The number of hydrogen-bond donors (Lipinski definition) is 1. The first-order chi connectivity index (χ1) is 5.06. The molecule has 1 aromatic rings. The third-order valence-electron chi connectivity index (χ3n) is 1.08. The fourth-order valence-corrected chi connectivity index (χ4v) is 2.38. The summed E-state index contributed by atoms with van der Waals surface area (Å²) in [5, 5.41) is -0.501. The van der Waals surface area contributed by atoms with Crippen LogP contribution < -0.4 is 4.72 Å². The zero-order valence-electron chi connectivity index (χ0n) is 5.67. The second kappa shape index (κ2) is 2.88. The van der Waals surface area contributed by atoms with E-state index in [1.54, 1.807) is 0 Å². The number of rotatable bonds is 2. The van der Waals surface area contributed by atoms with Gasteiger partial charge in [-0.1, -0.05) is 11.3 Å². The molecule has 0 bridgehead atoms. The van der Waals surface area contributed by atoms with Crippen molar-refractivity contribution in [2.24, 2.45) is 0 Å². The topological polar surface area (TPSA) is 46.2 Å². The number of sulfonamides is 1. The van der Waals surface area contributed by atoms with Crippen molar-refractivity contribution in [3.05, 3.63) is 17.3 Å². The molecule has 0 amide bonds. The van der Waals surface area contributed by atoms with Crippen molar-refractivity contribution in [1.82, 2.24) is 4.72 Å². The summed E-state index contributed by atoms with van der Waals surface area (Å²) in [6.45, 7) is 0. The Hall–Kier alpha value is -0.460. The van der Waals surface area contributed by atoms with E-state index in [2.05, 4.69) is 4.72 Å². The summed E-state index contributed by atoms with van der Waals surface area (Å²) >= 11 is 0.602. The third-order valence-corrected chi connectivity index (χ3v) is 3.86. The molecule has 0 atom stereocenters. The molecule has 11 heavy (non-hydrogen) atoms. The second-order valence-corrected chi connectivity index (χ2v) is 4.91. The Labute approximate surface area is 67.9 Å². The van der Waals surface area contributed by atoms with Gasteiger partial charge in [-0.05, 0) is 19.2 Å². The van der Waals surface area contributed by atoms with Crippen LogP contribution in [0.4, 0.5) is 4.39 Å². The molecule has 6 heteroatoms. The Bertz CT molecular complexity index is 343. The van der Waals surface area contributed by atoms with Crippen molar-refractivity contribution in [1.29, 1.82) is 0 Å². The number of thiophene rings is 1. The van der Waals surface area contributed by atoms with E-state index >= 15 is 0 Å². The lowest BCUT2D eigenvalue weighted by molar-refractivity contribution is 0.590. The minimum absolute atomic E-state index is 0.00231. The molecule has 0 fully saturated rings. The number of halogens is 1. The molecule has 1 aromatic heterocycles. The monoisotopic (exact) mass is 195 g/mol. The smallest absolute Gasteiger partial charge is 0.214 e. The van der Waals surface area contributed by atoms with Gasteiger partial charge in [0.2, 0.25) is 10.0 Å². The van der Waals surface area contributed by atoms with Crippen LogP contribution in [0.2, 0.25) is 0 Å². The largest absolute Gasteiger partial charge is 0.249 e. The third kappa shape index (κ3) is 1.76. The first kappa shape index (κ1) is 8.63. The summed E-state index contributed by atoms with van der Waals surface area (Å²) in [7, 11) is -2.16. The van der Waals surface area contributed by atoms with E-state index in [9.17, 15) is 12.8 Å². The van der Waals surface area contributed by atoms with Crippen LogP contribution in [0.1, 0.15) is 0 Å². The molecule has 0 aromatic carbocycles. The van der Waals surface area contributed by atoms with Gasteiger partial charge >= 0.3 is 0 Å². The summed E-state index contributed by atoms with van der Waals surface area (Å²) in [6, 6.07) is 2.35. The zero-order chi connectivity index (χ0) is 8.48. The minimum atomic E-state index is -3.45. The van der Waals surface area contributed by atoms with Gasteiger partial charge in [0.15, 0.2) is 5.13 Å². The highest BCUT2D eigenvalue weighted by Gasteiger charge is 2.13. The second-order valence-electron chi connectivity index (χ2n) is 1.77. The molecule has 0 saturated carbocycles. The molecule has 62 valence electrons. The molecule has 0 saturated heterocycles. The summed E-state index contributed by atoms with van der Waals surface area (Å²) in [4.78, 5) is 0. The summed E-state index contributed by atoms with van der Waals surface area (Å²) in [6.07, 6.45) is 0. The van der Waals surface area contributed by atoms with Crippen LogP contribution in [0, 0.1) is 5.13 Å². The first-order valence-corrected chi connectivity index (χ1v) is 5.05. The SMILES string of the molecule is CNS(=O)(=O)c1ccc(F)s1. The van der Waals surface area contributed by atoms with Gasteiger partial charge in [0.05, 0.1) is 0 Å². The van der Waals surface area contributed by atoms with Gasteiger partial charge in [0.1, 0.15) is 4.21 Å². The first-order valence-electron chi connectivity index (χ1n) is 2.75.